The summed E-state index contributed by atoms with van der Waals surface area (Å²) in [6.45, 7) is 1.50. The zero-order chi connectivity index (χ0) is 14.5. The van der Waals surface area contributed by atoms with Crippen LogP contribution in [0.1, 0.15) is 16.7 Å². The van der Waals surface area contributed by atoms with E-state index in [-0.39, 0.29) is 5.84 Å². The normalized spacial score (nSPS) is 12.1. The molecule has 0 atom stereocenters. The average molecular weight is 273 g/mol. The summed E-state index contributed by atoms with van der Waals surface area (Å²) in [6.07, 6.45) is 3.85. The Morgan fingerprint density at radius 2 is 2.15 bits per heavy atom. The van der Waals surface area contributed by atoms with Gasteiger partial charge in [0, 0.05) is 37.5 Å². The SMILES string of the molecule is CN(Cc1cnn(C)c1)Cc1ccccc1C(N)=NO. The number of aromatic nitrogens is 2. The molecule has 6 heteroatoms. The lowest BCUT2D eigenvalue weighted by atomic mass is 10.1. The van der Waals surface area contributed by atoms with Crippen molar-refractivity contribution in [2.24, 2.45) is 17.9 Å². The van der Waals surface area contributed by atoms with E-state index >= 15 is 0 Å². The molecule has 0 spiro atoms. The van der Waals surface area contributed by atoms with Gasteiger partial charge in [0.25, 0.3) is 0 Å². The summed E-state index contributed by atoms with van der Waals surface area (Å²) >= 11 is 0. The fourth-order valence-electron chi connectivity index (χ4n) is 2.17. The van der Waals surface area contributed by atoms with Crippen molar-refractivity contribution < 1.29 is 5.21 Å². The second-order valence-corrected chi connectivity index (χ2v) is 4.84. The van der Waals surface area contributed by atoms with Gasteiger partial charge in [-0.1, -0.05) is 29.4 Å². The van der Waals surface area contributed by atoms with Gasteiger partial charge in [0.05, 0.1) is 6.20 Å². The molecule has 0 bridgehead atoms. The molecule has 0 saturated carbocycles. The van der Waals surface area contributed by atoms with E-state index in [1.54, 1.807) is 4.68 Å². The zero-order valence-electron chi connectivity index (χ0n) is 11.7. The van der Waals surface area contributed by atoms with E-state index in [1.807, 2.05) is 50.8 Å². The molecule has 0 saturated heterocycles. The third kappa shape index (κ3) is 3.36. The molecule has 0 aliphatic rings. The lowest BCUT2D eigenvalue weighted by Crippen LogP contribution is -2.21. The van der Waals surface area contributed by atoms with Crippen molar-refractivity contribution in [3.8, 4) is 0 Å². The highest BCUT2D eigenvalue weighted by Crippen LogP contribution is 2.12. The minimum atomic E-state index is 0.135. The predicted molar refractivity (Wildman–Crippen MR) is 77.3 cm³/mol. The smallest absolute Gasteiger partial charge is 0.170 e. The van der Waals surface area contributed by atoms with Gasteiger partial charge in [0.2, 0.25) is 0 Å². The maximum absolute atomic E-state index is 8.82. The van der Waals surface area contributed by atoms with Crippen LogP contribution < -0.4 is 5.73 Å². The van der Waals surface area contributed by atoms with E-state index in [9.17, 15) is 0 Å². The lowest BCUT2D eigenvalue weighted by Gasteiger charge is -2.17. The highest BCUT2D eigenvalue weighted by molar-refractivity contribution is 5.98. The molecule has 1 heterocycles. The summed E-state index contributed by atoms with van der Waals surface area (Å²) in [5.41, 5.74) is 8.62. The molecule has 0 radical (unpaired) electrons. The molecule has 0 unspecified atom stereocenters. The Morgan fingerprint density at radius 1 is 1.40 bits per heavy atom. The molecular weight excluding hydrogens is 254 g/mol. The maximum Gasteiger partial charge on any atom is 0.170 e. The first-order chi connectivity index (χ1) is 9.60. The van der Waals surface area contributed by atoms with Crippen LogP contribution in [-0.2, 0) is 20.1 Å². The Bertz CT molecular complexity index is 605. The van der Waals surface area contributed by atoms with Crippen LogP contribution in [0.4, 0.5) is 0 Å². The third-order valence-corrected chi connectivity index (χ3v) is 3.05. The summed E-state index contributed by atoms with van der Waals surface area (Å²) in [7, 11) is 3.92. The van der Waals surface area contributed by atoms with Gasteiger partial charge < -0.3 is 10.9 Å². The Morgan fingerprint density at radius 3 is 2.80 bits per heavy atom. The van der Waals surface area contributed by atoms with Gasteiger partial charge in [-0.2, -0.15) is 5.10 Å². The molecule has 1 aromatic carbocycles. The number of hydrogen-bond donors (Lipinski definition) is 2. The summed E-state index contributed by atoms with van der Waals surface area (Å²) in [5.74, 6) is 0.135. The van der Waals surface area contributed by atoms with Crippen LogP contribution in [0.2, 0.25) is 0 Å². The third-order valence-electron chi connectivity index (χ3n) is 3.05. The van der Waals surface area contributed by atoms with E-state index in [0.29, 0.717) is 6.54 Å². The molecule has 0 aliphatic carbocycles. The second-order valence-electron chi connectivity index (χ2n) is 4.84. The van der Waals surface area contributed by atoms with Crippen molar-refractivity contribution in [1.29, 1.82) is 0 Å². The first-order valence-electron chi connectivity index (χ1n) is 6.32. The van der Waals surface area contributed by atoms with Crippen molar-refractivity contribution in [3.05, 3.63) is 53.3 Å². The quantitative estimate of drug-likeness (QED) is 0.370. The van der Waals surface area contributed by atoms with Crippen molar-refractivity contribution in [3.63, 3.8) is 0 Å². The number of aryl methyl sites for hydroxylation is 1. The Balaban J connectivity index is 2.09. The average Bonchev–Trinajstić information content (AvgIpc) is 2.83. The van der Waals surface area contributed by atoms with E-state index in [2.05, 4.69) is 15.2 Å². The summed E-state index contributed by atoms with van der Waals surface area (Å²) < 4.78 is 1.79. The number of amidine groups is 1. The second kappa shape index (κ2) is 6.21. The van der Waals surface area contributed by atoms with Gasteiger partial charge in [-0.15, -0.1) is 0 Å². The van der Waals surface area contributed by atoms with Crippen molar-refractivity contribution in [2.45, 2.75) is 13.1 Å². The molecule has 2 rings (SSSR count). The molecule has 106 valence electrons. The fraction of sp³-hybridized carbons (Fsp3) is 0.286. The van der Waals surface area contributed by atoms with E-state index in [4.69, 9.17) is 10.9 Å². The predicted octanol–water partition coefficient (Wildman–Crippen LogP) is 1.15. The van der Waals surface area contributed by atoms with E-state index < -0.39 is 0 Å². The Labute approximate surface area is 118 Å². The van der Waals surface area contributed by atoms with E-state index in [1.165, 1.54) is 0 Å². The summed E-state index contributed by atoms with van der Waals surface area (Å²) in [5, 5.41) is 16.1. The standard InChI is InChI=1S/C14H19N5O/c1-18(8-11-7-16-19(2)9-11)10-12-5-3-4-6-13(12)14(15)17-20/h3-7,9,20H,8,10H2,1-2H3,(H2,15,17). The molecule has 0 aliphatic heterocycles. The highest BCUT2D eigenvalue weighted by atomic mass is 16.4. The fourth-order valence-corrected chi connectivity index (χ4v) is 2.17. The molecule has 2 aromatic rings. The monoisotopic (exact) mass is 273 g/mol. The van der Waals surface area contributed by atoms with E-state index in [0.717, 1.165) is 23.2 Å². The minimum Gasteiger partial charge on any atom is -0.409 e. The molecule has 20 heavy (non-hydrogen) atoms. The van der Waals surface area contributed by atoms with Crippen molar-refractivity contribution in [1.82, 2.24) is 14.7 Å². The first-order valence-corrected chi connectivity index (χ1v) is 6.32. The largest absolute Gasteiger partial charge is 0.409 e. The Kier molecular flexibility index (Phi) is 4.37. The molecule has 1 aromatic heterocycles. The molecule has 0 fully saturated rings. The topological polar surface area (TPSA) is 79.7 Å². The number of nitrogens with two attached hydrogens (primary N) is 1. The molecule has 6 nitrogen and oxygen atoms in total. The number of hydrogen-bond acceptors (Lipinski definition) is 4. The highest BCUT2D eigenvalue weighted by Gasteiger charge is 2.09. The van der Waals surface area contributed by atoms with Gasteiger partial charge in [-0.05, 0) is 12.6 Å². The van der Waals surface area contributed by atoms with Crippen LogP contribution in [0.25, 0.3) is 0 Å². The van der Waals surface area contributed by atoms with Crippen LogP contribution >= 0.6 is 0 Å². The molecule has 0 amide bonds. The van der Waals surface area contributed by atoms with Gasteiger partial charge in [-0.25, -0.2) is 0 Å². The van der Waals surface area contributed by atoms with Crippen LogP contribution in [0, 0.1) is 0 Å². The minimum absolute atomic E-state index is 0.135. The first kappa shape index (κ1) is 14.1. The van der Waals surface area contributed by atoms with Gasteiger partial charge in [0.15, 0.2) is 5.84 Å². The van der Waals surface area contributed by atoms with Crippen molar-refractivity contribution in [2.75, 3.05) is 7.05 Å². The van der Waals surface area contributed by atoms with Crippen LogP contribution in [0.15, 0.2) is 41.8 Å². The van der Waals surface area contributed by atoms with Gasteiger partial charge >= 0.3 is 0 Å². The number of nitrogens with zero attached hydrogens (tertiary/aromatic N) is 4. The number of benzene rings is 1. The van der Waals surface area contributed by atoms with Crippen LogP contribution in [0.5, 0.6) is 0 Å². The lowest BCUT2D eigenvalue weighted by molar-refractivity contribution is 0.315. The summed E-state index contributed by atoms with van der Waals surface area (Å²) in [4.78, 5) is 2.15. The zero-order valence-corrected chi connectivity index (χ0v) is 11.7. The van der Waals surface area contributed by atoms with Crippen LogP contribution in [-0.4, -0.2) is 32.8 Å². The molecular formula is C14H19N5O. The van der Waals surface area contributed by atoms with Crippen molar-refractivity contribution >= 4 is 5.84 Å². The van der Waals surface area contributed by atoms with Gasteiger partial charge in [0.1, 0.15) is 0 Å². The maximum atomic E-state index is 8.82. The Hall–Kier alpha value is -2.34. The number of oxime groups is 1. The van der Waals surface area contributed by atoms with Gasteiger partial charge in [-0.3, -0.25) is 9.58 Å². The van der Waals surface area contributed by atoms with Crippen LogP contribution in [0.3, 0.4) is 0 Å². The number of rotatable bonds is 5. The molecule has 3 N–H and O–H groups in total. The summed E-state index contributed by atoms with van der Waals surface area (Å²) in [6, 6.07) is 7.65.